The fourth-order valence-electron chi connectivity index (χ4n) is 5.13. The highest BCUT2D eigenvalue weighted by Crippen LogP contribution is 2.50. The van der Waals surface area contributed by atoms with Crippen LogP contribution >= 0.6 is 0 Å². The van der Waals surface area contributed by atoms with Gasteiger partial charge < -0.3 is 14.5 Å². The molecule has 30 heavy (non-hydrogen) atoms. The van der Waals surface area contributed by atoms with Crippen molar-refractivity contribution in [2.75, 3.05) is 51.2 Å². The Labute approximate surface area is 180 Å². The van der Waals surface area contributed by atoms with Crippen molar-refractivity contribution in [3.05, 3.63) is 5.82 Å². The molecule has 1 aromatic heterocycles. The van der Waals surface area contributed by atoms with E-state index in [9.17, 15) is 4.79 Å². The largest absolute Gasteiger partial charge is 0.373 e. The van der Waals surface area contributed by atoms with Crippen LogP contribution in [0, 0.1) is 11.8 Å². The maximum absolute atomic E-state index is 13.2. The van der Waals surface area contributed by atoms with Gasteiger partial charge in [0.1, 0.15) is 0 Å². The van der Waals surface area contributed by atoms with Crippen LogP contribution < -0.4 is 4.90 Å². The third-order valence-electron chi connectivity index (χ3n) is 6.84. The van der Waals surface area contributed by atoms with Crippen molar-refractivity contribution in [3.63, 3.8) is 0 Å². The van der Waals surface area contributed by atoms with E-state index >= 15 is 0 Å². The molecule has 0 N–H and O–H groups in total. The first-order chi connectivity index (χ1) is 14.3. The van der Waals surface area contributed by atoms with Crippen LogP contribution in [0.4, 0.5) is 5.95 Å². The summed E-state index contributed by atoms with van der Waals surface area (Å²) >= 11 is 0. The number of carbonyl (C=O) groups excluding carboxylic acids is 1. The first kappa shape index (κ1) is 21.6. The lowest BCUT2D eigenvalue weighted by atomic mass is 10.1. The maximum atomic E-state index is 13.2. The highest BCUT2D eigenvalue weighted by molar-refractivity contribution is 5.91. The topological polar surface area (TPSA) is 66.7 Å². The molecule has 3 fully saturated rings. The molecule has 0 spiro atoms. The van der Waals surface area contributed by atoms with Crippen molar-refractivity contribution < 1.29 is 9.53 Å². The van der Waals surface area contributed by atoms with E-state index in [2.05, 4.69) is 59.3 Å². The van der Waals surface area contributed by atoms with Crippen molar-refractivity contribution in [2.45, 2.75) is 65.2 Å². The predicted octanol–water partition coefficient (Wildman–Crippen LogP) is 2.28. The Morgan fingerprint density at radius 3 is 2.43 bits per heavy atom. The minimum atomic E-state index is 0.0462. The molecule has 4 rings (SSSR count). The molecule has 3 aliphatic rings. The Morgan fingerprint density at radius 2 is 1.83 bits per heavy atom. The zero-order chi connectivity index (χ0) is 21.4. The molecule has 1 aromatic rings. The summed E-state index contributed by atoms with van der Waals surface area (Å²) in [6, 6.07) is 0.336. The van der Waals surface area contributed by atoms with E-state index in [-0.39, 0.29) is 18.1 Å². The molecule has 0 unspecified atom stereocenters. The number of carbonyl (C=O) groups is 1. The second kappa shape index (κ2) is 8.83. The summed E-state index contributed by atoms with van der Waals surface area (Å²) in [4.78, 5) is 19.7. The standard InChI is InChI=1S/C22H38N6O2/c1-15(2)18-12-19(18)28-20(21(29)27-8-6-7-9-27)23-24-22(28)25(5)10-11-26-13-16(3)30-17(4)14-26/h15-19H,6-14H2,1-5H3/t16-,17+,18-,19+/m0/s1. The second-order valence-electron chi connectivity index (χ2n) is 9.84. The lowest BCUT2D eigenvalue weighted by Crippen LogP contribution is -2.47. The second-order valence-corrected chi connectivity index (χ2v) is 9.84. The molecule has 4 atom stereocenters. The number of likely N-dealkylation sites (tertiary alicyclic amines) is 1. The molecule has 1 aliphatic carbocycles. The summed E-state index contributed by atoms with van der Waals surface area (Å²) in [5.41, 5.74) is 0. The van der Waals surface area contributed by atoms with E-state index in [1.165, 1.54) is 0 Å². The molecule has 0 bridgehead atoms. The minimum absolute atomic E-state index is 0.0462. The Kier molecular flexibility index (Phi) is 6.34. The number of nitrogens with zero attached hydrogens (tertiary/aromatic N) is 6. The SMILES string of the molecule is CC(C)[C@@H]1C[C@H]1n1c(C(=O)N2CCCC2)nnc1N(C)CCN1C[C@@H](C)O[C@@H](C)C1. The van der Waals surface area contributed by atoms with Crippen LogP contribution in [-0.4, -0.2) is 89.0 Å². The molecular formula is C22H38N6O2. The van der Waals surface area contributed by atoms with E-state index in [1.54, 1.807) is 0 Å². The predicted molar refractivity (Wildman–Crippen MR) is 117 cm³/mol. The molecular weight excluding hydrogens is 380 g/mol. The van der Waals surface area contributed by atoms with Gasteiger partial charge in [-0.2, -0.15) is 0 Å². The minimum Gasteiger partial charge on any atom is -0.373 e. The quantitative estimate of drug-likeness (QED) is 0.677. The van der Waals surface area contributed by atoms with Crippen molar-refractivity contribution in [2.24, 2.45) is 11.8 Å². The van der Waals surface area contributed by atoms with Crippen LogP contribution in [0.1, 0.15) is 63.6 Å². The van der Waals surface area contributed by atoms with Gasteiger partial charge in [0.05, 0.1) is 12.2 Å². The molecule has 0 aromatic carbocycles. The van der Waals surface area contributed by atoms with Crippen molar-refractivity contribution in [1.29, 1.82) is 0 Å². The highest BCUT2D eigenvalue weighted by Gasteiger charge is 2.45. The maximum Gasteiger partial charge on any atom is 0.291 e. The summed E-state index contributed by atoms with van der Waals surface area (Å²) in [5.74, 6) is 2.60. The summed E-state index contributed by atoms with van der Waals surface area (Å²) in [5, 5.41) is 8.91. The fourth-order valence-corrected chi connectivity index (χ4v) is 5.13. The van der Waals surface area contributed by atoms with Gasteiger partial charge >= 0.3 is 0 Å². The van der Waals surface area contributed by atoms with Crippen LogP contribution in [0.15, 0.2) is 0 Å². The molecule has 168 valence electrons. The normalized spacial score (nSPS) is 29.6. The van der Waals surface area contributed by atoms with Gasteiger partial charge in [0.25, 0.3) is 5.91 Å². The number of morpholine rings is 1. The number of rotatable bonds is 7. The summed E-state index contributed by atoms with van der Waals surface area (Å²) < 4.78 is 8.00. The van der Waals surface area contributed by atoms with Crippen LogP contribution in [0.3, 0.4) is 0 Å². The van der Waals surface area contributed by atoms with E-state index < -0.39 is 0 Å². The first-order valence-corrected chi connectivity index (χ1v) is 11.7. The summed E-state index contributed by atoms with van der Waals surface area (Å²) in [6.07, 6.45) is 3.81. The van der Waals surface area contributed by atoms with Gasteiger partial charge in [-0.05, 0) is 44.9 Å². The van der Waals surface area contributed by atoms with Crippen molar-refractivity contribution >= 4 is 11.9 Å². The number of ether oxygens (including phenoxy) is 1. The molecule has 0 radical (unpaired) electrons. The number of aromatic nitrogens is 3. The third kappa shape index (κ3) is 4.49. The number of anilines is 1. The smallest absolute Gasteiger partial charge is 0.291 e. The lowest BCUT2D eigenvalue weighted by Gasteiger charge is -2.36. The number of hydrogen-bond donors (Lipinski definition) is 0. The molecule has 3 heterocycles. The van der Waals surface area contributed by atoms with Crippen molar-refractivity contribution in [3.8, 4) is 0 Å². The molecule has 1 saturated carbocycles. The van der Waals surface area contributed by atoms with Gasteiger partial charge in [0, 0.05) is 52.4 Å². The highest BCUT2D eigenvalue weighted by atomic mass is 16.5. The van der Waals surface area contributed by atoms with Crippen molar-refractivity contribution in [1.82, 2.24) is 24.6 Å². The van der Waals surface area contributed by atoms with Gasteiger partial charge in [0.2, 0.25) is 11.8 Å². The average molecular weight is 419 g/mol. The summed E-state index contributed by atoms with van der Waals surface area (Å²) in [7, 11) is 2.07. The first-order valence-electron chi connectivity index (χ1n) is 11.7. The summed E-state index contributed by atoms with van der Waals surface area (Å²) in [6.45, 7) is 14.2. The van der Waals surface area contributed by atoms with Gasteiger partial charge in [-0.25, -0.2) is 0 Å². The number of amides is 1. The van der Waals surface area contributed by atoms with Crippen LogP contribution in [0.25, 0.3) is 0 Å². The zero-order valence-electron chi connectivity index (χ0n) is 19.3. The Balaban J connectivity index is 1.49. The Morgan fingerprint density at radius 1 is 1.17 bits per heavy atom. The van der Waals surface area contributed by atoms with E-state index in [1.807, 2.05) is 4.90 Å². The number of likely N-dealkylation sites (N-methyl/N-ethyl adjacent to an activating group) is 1. The van der Waals surface area contributed by atoms with Gasteiger partial charge in [-0.3, -0.25) is 14.3 Å². The molecule has 8 nitrogen and oxygen atoms in total. The average Bonchev–Trinajstić information content (AvgIpc) is 3.11. The van der Waals surface area contributed by atoms with Crippen LogP contribution in [0.5, 0.6) is 0 Å². The van der Waals surface area contributed by atoms with Gasteiger partial charge in [0.15, 0.2) is 0 Å². The van der Waals surface area contributed by atoms with Crippen LogP contribution in [0.2, 0.25) is 0 Å². The fraction of sp³-hybridized carbons (Fsp3) is 0.864. The lowest BCUT2D eigenvalue weighted by molar-refractivity contribution is -0.0670. The van der Waals surface area contributed by atoms with E-state index in [4.69, 9.17) is 4.74 Å². The molecule has 2 saturated heterocycles. The molecule has 1 amide bonds. The Hall–Kier alpha value is -1.67. The van der Waals surface area contributed by atoms with Gasteiger partial charge in [-0.1, -0.05) is 13.8 Å². The van der Waals surface area contributed by atoms with Crippen LogP contribution in [-0.2, 0) is 4.74 Å². The molecule has 8 heteroatoms. The van der Waals surface area contributed by atoms with Gasteiger partial charge in [-0.15, -0.1) is 10.2 Å². The zero-order valence-corrected chi connectivity index (χ0v) is 19.3. The third-order valence-corrected chi connectivity index (χ3v) is 6.84. The van der Waals surface area contributed by atoms with E-state index in [0.29, 0.717) is 23.7 Å². The molecule has 2 aliphatic heterocycles. The monoisotopic (exact) mass is 418 g/mol. The van der Waals surface area contributed by atoms with E-state index in [0.717, 1.165) is 64.5 Å². The Bertz CT molecular complexity index is 734. The number of hydrogen-bond acceptors (Lipinski definition) is 6.